The Labute approximate surface area is 147 Å². The summed E-state index contributed by atoms with van der Waals surface area (Å²) in [6, 6.07) is 5.91. The van der Waals surface area contributed by atoms with Gasteiger partial charge in [0.05, 0.1) is 20.8 Å². The lowest BCUT2D eigenvalue weighted by molar-refractivity contribution is 0.281. The van der Waals surface area contributed by atoms with Crippen molar-refractivity contribution in [2.24, 2.45) is 0 Å². The predicted octanol–water partition coefficient (Wildman–Crippen LogP) is 1.85. The van der Waals surface area contributed by atoms with E-state index in [1.54, 1.807) is 20.4 Å². The zero-order valence-corrected chi connectivity index (χ0v) is 14.8. The van der Waals surface area contributed by atoms with E-state index >= 15 is 0 Å². The van der Waals surface area contributed by atoms with Gasteiger partial charge in [-0.15, -0.1) is 0 Å². The van der Waals surface area contributed by atoms with E-state index in [4.69, 9.17) is 14.6 Å². The van der Waals surface area contributed by atoms with E-state index in [1.807, 2.05) is 19.1 Å². The van der Waals surface area contributed by atoms with Crippen LogP contribution in [0.5, 0.6) is 11.5 Å². The van der Waals surface area contributed by atoms with Gasteiger partial charge in [0.1, 0.15) is 5.82 Å². The maximum absolute atomic E-state index is 9.16. The molecule has 0 radical (unpaired) electrons. The highest BCUT2D eigenvalue weighted by atomic mass is 16.5. The van der Waals surface area contributed by atoms with Crippen LogP contribution in [0.25, 0.3) is 0 Å². The van der Waals surface area contributed by atoms with Crippen molar-refractivity contribution in [1.82, 2.24) is 9.97 Å². The Balaban J connectivity index is 1.82. The van der Waals surface area contributed by atoms with Crippen LogP contribution in [0.15, 0.2) is 24.4 Å². The summed E-state index contributed by atoms with van der Waals surface area (Å²) >= 11 is 0. The summed E-state index contributed by atoms with van der Waals surface area (Å²) in [6.45, 7) is 3.54. The smallest absolute Gasteiger partial charge is 0.224 e. The van der Waals surface area contributed by atoms with Crippen LogP contribution in [-0.4, -0.2) is 48.5 Å². The summed E-state index contributed by atoms with van der Waals surface area (Å²) in [7, 11) is 3.30. The second kappa shape index (κ2) is 7.57. The lowest BCUT2D eigenvalue weighted by atomic mass is 9.99. The molecule has 2 aromatic rings. The number of hydrogen-bond acceptors (Lipinski definition) is 7. The van der Waals surface area contributed by atoms with Crippen molar-refractivity contribution >= 4 is 11.8 Å². The van der Waals surface area contributed by atoms with E-state index in [1.165, 1.54) is 11.1 Å². The Bertz CT molecular complexity index is 738. The van der Waals surface area contributed by atoms with Gasteiger partial charge >= 0.3 is 0 Å². The number of anilines is 2. The summed E-state index contributed by atoms with van der Waals surface area (Å²) in [5.74, 6) is 2.89. The molecule has 25 heavy (non-hydrogen) atoms. The van der Waals surface area contributed by atoms with Crippen LogP contribution in [0.2, 0.25) is 0 Å². The second-order valence-electron chi connectivity index (χ2n) is 6.11. The van der Waals surface area contributed by atoms with E-state index in [2.05, 4.69) is 26.3 Å². The van der Waals surface area contributed by atoms with Gasteiger partial charge in [-0.1, -0.05) is 0 Å². The van der Waals surface area contributed by atoms with Crippen molar-refractivity contribution in [3.8, 4) is 11.5 Å². The summed E-state index contributed by atoms with van der Waals surface area (Å²) in [5.41, 5.74) is 2.48. The fourth-order valence-corrected chi connectivity index (χ4v) is 2.94. The minimum Gasteiger partial charge on any atom is -0.493 e. The van der Waals surface area contributed by atoms with Crippen molar-refractivity contribution in [2.75, 3.05) is 37.6 Å². The molecular formula is C18H24N4O3. The van der Waals surface area contributed by atoms with Gasteiger partial charge in [-0.3, -0.25) is 0 Å². The first kappa shape index (κ1) is 17.3. The van der Waals surface area contributed by atoms with E-state index in [9.17, 15) is 0 Å². The van der Waals surface area contributed by atoms with Crippen molar-refractivity contribution in [3.05, 3.63) is 35.5 Å². The van der Waals surface area contributed by atoms with Gasteiger partial charge in [0.15, 0.2) is 11.5 Å². The SMILES string of the molecule is COc1cc2c(cc1OC)CN(c1ccnc(N[C@H](C)CO)n1)CC2. The Morgan fingerprint density at radius 1 is 1.24 bits per heavy atom. The normalized spacial score (nSPS) is 14.6. The van der Waals surface area contributed by atoms with Crippen LogP contribution in [-0.2, 0) is 13.0 Å². The Morgan fingerprint density at radius 3 is 2.64 bits per heavy atom. The predicted molar refractivity (Wildman–Crippen MR) is 96.5 cm³/mol. The van der Waals surface area contributed by atoms with E-state index < -0.39 is 0 Å². The molecule has 0 amide bonds. The monoisotopic (exact) mass is 344 g/mol. The number of ether oxygens (including phenoxy) is 2. The van der Waals surface area contributed by atoms with Gasteiger partial charge in [0.25, 0.3) is 0 Å². The summed E-state index contributed by atoms with van der Waals surface area (Å²) in [5, 5.41) is 12.3. The van der Waals surface area contributed by atoms with Crippen LogP contribution in [0.4, 0.5) is 11.8 Å². The van der Waals surface area contributed by atoms with Crippen LogP contribution in [0.3, 0.4) is 0 Å². The van der Waals surface area contributed by atoms with Crippen molar-refractivity contribution in [1.29, 1.82) is 0 Å². The van der Waals surface area contributed by atoms with Gasteiger partial charge in [-0.2, -0.15) is 4.98 Å². The highest BCUT2D eigenvalue weighted by molar-refractivity contribution is 5.52. The molecule has 134 valence electrons. The first-order valence-corrected chi connectivity index (χ1v) is 8.33. The minimum absolute atomic E-state index is 0.0340. The number of aliphatic hydroxyl groups excluding tert-OH is 1. The number of hydrogen-bond donors (Lipinski definition) is 2. The number of aliphatic hydroxyl groups is 1. The largest absolute Gasteiger partial charge is 0.493 e. The third-order valence-corrected chi connectivity index (χ3v) is 4.33. The Hall–Kier alpha value is -2.54. The first-order valence-electron chi connectivity index (χ1n) is 8.33. The molecule has 0 spiro atoms. The maximum atomic E-state index is 9.16. The van der Waals surface area contributed by atoms with E-state index in [0.717, 1.165) is 36.8 Å². The molecule has 0 aliphatic carbocycles. The van der Waals surface area contributed by atoms with Gasteiger partial charge in [0, 0.05) is 25.3 Å². The minimum atomic E-state index is -0.0888. The lowest BCUT2D eigenvalue weighted by Gasteiger charge is -2.30. The summed E-state index contributed by atoms with van der Waals surface area (Å²) in [4.78, 5) is 11.0. The molecule has 1 aromatic carbocycles. The van der Waals surface area contributed by atoms with Crippen molar-refractivity contribution in [2.45, 2.75) is 25.9 Å². The van der Waals surface area contributed by atoms with E-state index in [0.29, 0.717) is 5.95 Å². The van der Waals surface area contributed by atoms with Gasteiger partial charge in [-0.05, 0) is 42.7 Å². The molecule has 2 N–H and O–H groups in total. The standard InChI is InChI=1S/C18H24N4O3/c1-12(11-23)20-18-19-6-4-17(21-18)22-7-5-13-8-15(24-2)16(25-3)9-14(13)10-22/h4,6,8-9,12,23H,5,7,10-11H2,1-3H3,(H,19,20,21)/t12-/m1/s1. The molecule has 7 heteroatoms. The zero-order valence-electron chi connectivity index (χ0n) is 14.8. The number of methoxy groups -OCH3 is 2. The molecule has 0 bridgehead atoms. The molecule has 1 aromatic heterocycles. The topological polar surface area (TPSA) is 79.7 Å². The van der Waals surface area contributed by atoms with Crippen molar-refractivity contribution < 1.29 is 14.6 Å². The third-order valence-electron chi connectivity index (χ3n) is 4.33. The van der Waals surface area contributed by atoms with Gasteiger partial charge in [0.2, 0.25) is 5.95 Å². The molecule has 1 aliphatic rings. The molecule has 1 atom stereocenters. The maximum Gasteiger partial charge on any atom is 0.224 e. The number of fused-ring (bicyclic) bond motifs is 1. The Morgan fingerprint density at radius 2 is 1.96 bits per heavy atom. The number of benzene rings is 1. The first-order chi connectivity index (χ1) is 12.1. The molecular weight excluding hydrogens is 320 g/mol. The quantitative estimate of drug-likeness (QED) is 0.828. The molecule has 2 heterocycles. The molecule has 1 aliphatic heterocycles. The Kier molecular flexibility index (Phi) is 5.23. The molecule has 0 saturated carbocycles. The van der Waals surface area contributed by atoms with Gasteiger partial charge in [-0.25, -0.2) is 4.98 Å². The average molecular weight is 344 g/mol. The lowest BCUT2D eigenvalue weighted by Crippen LogP contribution is -2.31. The summed E-state index contributed by atoms with van der Waals surface area (Å²) in [6.07, 6.45) is 2.65. The third kappa shape index (κ3) is 3.76. The summed E-state index contributed by atoms with van der Waals surface area (Å²) < 4.78 is 10.8. The number of aromatic nitrogens is 2. The molecule has 3 rings (SSSR count). The number of rotatable bonds is 6. The fourth-order valence-electron chi connectivity index (χ4n) is 2.94. The highest BCUT2D eigenvalue weighted by Crippen LogP contribution is 2.34. The van der Waals surface area contributed by atoms with Crippen LogP contribution in [0, 0.1) is 0 Å². The van der Waals surface area contributed by atoms with E-state index in [-0.39, 0.29) is 12.6 Å². The molecule has 0 saturated heterocycles. The van der Waals surface area contributed by atoms with Gasteiger partial charge < -0.3 is 24.8 Å². The van der Waals surface area contributed by atoms with Crippen LogP contribution < -0.4 is 19.7 Å². The van der Waals surface area contributed by atoms with Crippen molar-refractivity contribution in [3.63, 3.8) is 0 Å². The number of nitrogens with zero attached hydrogens (tertiary/aromatic N) is 3. The average Bonchev–Trinajstić information content (AvgIpc) is 2.66. The second-order valence-corrected chi connectivity index (χ2v) is 6.11. The van der Waals surface area contributed by atoms with Crippen LogP contribution >= 0.6 is 0 Å². The zero-order chi connectivity index (χ0) is 17.8. The molecule has 0 fully saturated rings. The fraction of sp³-hybridized carbons (Fsp3) is 0.444. The highest BCUT2D eigenvalue weighted by Gasteiger charge is 2.21. The molecule has 0 unspecified atom stereocenters. The molecule has 7 nitrogen and oxygen atoms in total. The number of nitrogens with one attached hydrogen (secondary N) is 1. The van der Waals surface area contributed by atoms with Crippen LogP contribution in [0.1, 0.15) is 18.1 Å².